The van der Waals surface area contributed by atoms with Crippen LogP contribution in [0.15, 0.2) is 11.6 Å². The summed E-state index contributed by atoms with van der Waals surface area (Å²) in [7, 11) is 1.77. The van der Waals surface area contributed by atoms with Crippen LogP contribution >= 0.6 is 0 Å². The SMILES string of the molecule is CC(=O)O.COC1C[C@H]2[C@@H]3CCC4=CC(=O)CC[C@]4(C)[C@H]3CC[C@]2(C)[C@H]1C(C)=O. The maximum atomic E-state index is 12.4. The number of hydrogen-bond donors (Lipinski definition) is 1. The highest BCUT2D eigenvalue weighted by Gasteiger charge is 2.62. The molecular formula is C24H36O5. The number of fused-ring (bicyclic) bond motifs is 5. The van der Waals surface area contributed by atoms with Gasteiger partial charge < -0.3 is 9.84 Å². The first-order chi connectivity index (χ1) is 13.5. The fourth-order valence-electron chi connectivity index (χ4n) is 7.51. The van der Waals surface area contributed by atoms with E-state index in [0.29, 0.717) is 35.7 Å². The van der Waals surface area contributed by atoms with Crippen molar-refractivity contribution in [2.45, 2.75) is 78.7 Å². The van der Waals surface area contributed by atoms with Gasteiger partial charge >= 0.3 is 0 Å². The van der Waals surface area contributed by atoms with Crippen molar-refractivity contribution in [3.63, 3.8) is 0 Å². The summed E-state index contributed by atoms with van der Waals surface area (Å²) < 4.78 is 5.79. The van der Waals surface area contributed by atoms with Gasteiger partial charge in [0.2, 0.25) is 0 Å². The normalized spacial score (nSPS) is 43.1. The maximum absolute atomic E-state index is 12.4. The highest BCUT2D eigenvalue weighted by molar-refractivity contribution is 5.91. The van der Waals surface area contributed by atoms with Crippen molar-refractivity contribution in [3.8, 4) is 0 Å². The van der Waals surface area contributed by atoms with Gasteiger partial charge in [-0.2, -0.15) is 0 Å². The molecule has 3 fully saturated rings. The molecule has 4 rings (SSSR count). The van der Waals surface area contributed by atoms with Crippen LogP contribution in [0.3, 0.4) is 0 Å². The van der Waals surface area contributed by atoms with Crippen LogP contribution < -0.4 is 0 Å². The lowest BCUT2D eigenvalue weighted by atomic mass is 9.46. The fourth-order valence-corrected chi connectivity index (χ4v) is 7.51. The van der Waals surface area contributed by atoms with Gasteiger partial charge in [-0.15, -0.1) is 0 Å². The van der Waals surface area contributed by atoms with Crippen LogP contribution in [-0.2, 0) is 19.1 Å². The van der Waals surface area contributed by atoms with E-state index in [1.54, 1.807) is 14.0 Å². The number of methoxy groups -OCH3 is 1. The third-order valence-electron chi connectivity index (χ3n) is 8.71. The van der Waals surface area contributed by atoms with Crippen LogP contribution in [0.1, 0.15) is 72.6 Å². The van der Waals surface area contributed by atoms with E-state index in [4.69, 9.17) is 14.6 Å². The van der Waals surface area contributed by atoms with Crippen molar-refractivity contribution in [1.29, 1.82) is 0 Å². The second-order valence-corrected chi connectivity index (χ2v) is 10.1. The second kappa shape index (κ2) is 7.98. The van der Waals surface area contributed by atoms with E-state index in [0.717, 1.165) is 32.6 Å². The molecule has 29 heavy (non-hydrogen) atoms. The predicted octanol–water partition coefficient (Wildman–Crippen LogP) is 4.44. The van der Waals surface area contributed by atoms with E-state index in [9.17, 15) is 9.59 Å². The van der Waals surface area contributed by atoms with Crippen LogP contribution in [0.4, 0.5) is 0 Å². The molecule has 162 valence electrons. The minimum absolute atomic E-state index is 0.0566. The van der Waals surface area contributed by atoms with Crippen molar-refractivity contribution < 1.29 is 24.2 Å². The number of rotatable bonds is 2. The zero-order valence-electron chi connectivity index (χ0n) is 18.5. The number of hydrogen-bond acceptors (Lipinski definition) is 4. The number of carbonyl (C=O) groups excluding carboxylic acids is 2. The number of carbonyl (C=O) groups is 3. The average Bonchev–Trinajstić information content (AvgIpc) is 2.94. The smallest absolute Gasteiger partial charge is 0.300 e. The summed E-state index contributed by atoms with van der Waals surface area (Å²) in [6, 6.07) is 0. The molecule has 4 aliphatic carbocycles. The molecule has 0 heterocycles. The molecule has 4 aliphatic rings. The Kier molecular flexibility index (Phi) is 6.11. The zero-order valence-corrected chi connectivity index (χ0v) is 18.5. The number of aliphatic carboxylic acids is 1. The van der Waals surface area contributed by atoms with Gasteiger partial charge in [0.1, 0.15) is 5.78 Å². The number of ether oxygens (including phenoxy) is 1. The van der Waals surface area contributed by atoms with Crippen LogP contribution in [0.25, 0.3) is 0 Å². The summed E-state index contributed by atoms with van der Waals surface area (Å²) in [6.07, 6.45) is 9.39. The van der Waals surface area contributed by atoms with Gasteiger partial charge in [-0.3, -0.25) is 14.4 Å². The Morgan fingerprint density at radius 2 is 1.76 bits per heavy atom. The van der Waals surface area contributed by atoms with E-state index in [1.807, 2.05) is 6.08 Å². The molecule has 5 nitrogen and oxygen atoms in total. The Morgan fingerprint density at radius 3 is 2.34 bits per heavy atom. The number of Topliss-reactive ketones (excluding diaryl/α,β-unsaturated/α-hetero) is 1. The van der Waals surface area contributed by atoms with Gasteiger partial charge in [-0.1, -0.05) is 19.4 Å². The van der Waals surface area contributed by atoms with Crippen molar-refractivity contribution in [2.75, 3.05) is 7.11 Å². The van der Waals surface area contributed by atoms with E-state index in [2.05, 4.69) is 13.8 Å². The summed E-state index contributed by atoms with van der Waals surface area (Å²) in [6.45, 7) is 7.61. The van der Waals surface area contributed by atoms with Gasteiger partial charge in [-0.05, 0) is 80.1 Å². The number of allylic oxidation sites excluding steroid dienone is 1. The minimum Gasteiger partial charge on any atom is -0.481 e. The van der Waals surface area contributed by atoms with Crippen LogP contribution in [0.2, 0.25) is 0 Å². The van der Waals surface area contributed by atoms with E-state index >= 15 is 0 Å². The Bertz CT molecular complexity index is 721. The van der Waals surface area contributed by atoms with E-state index in [-0.39, 0.29) is 22.9 Å². The van der Waals surface area contributed by atoms with Crippen LogP contribution in [0.5, 0.6) is 0 Å². The van der Waals surface area contributed by atoms with Crippen molar-refractivity contribution in [1.82, 2.24) is 0 Å². The van der Waals surface area contributed by atoms with E-state index < -0.39 is 5.97 Å². The topological polar surface area (TPSA) is 80.7 Å². The molecule has 7 atom stereocenters. The summed E-state index contributed by atoms with van der Waals surface area (Å²) in [4.78, 5) is 33.4. The average molecular weight is 405 g/mol. The third-order valence-corrected chi connectivity index (χ3v) is 8.71. The molecule has 0 aromatic rings. The molecule has 0 bridgehead atoms. The molecule has 1 N–H and O–H groups in total. The van der Waals surface area contributed by atoms with Crippen LogP contribution in [-0.4, -0.2) is 35.9 Å². The molecule has 1 unspecified atom stereocenters. The molecule has 0 aromatic heterocycles. The molecule has 0 aromatic carbocycles. The van der Waals surface area contributed by atoms with Crippen molar-refractivity contribution >= 4 is 17.5 Å². The highest BCUT2D eigenvalue weighted by atomic mass is 16.5. The van der Waals surface area contributed by atoms with E-state index in [1.165, 1.54) is 18.4 Å². The Morgan fingerprint density at radius 1 is 1.10 bits per heavy atom. The Labute approximate surface area is 174 Å². The lowest BCUT2D eigenvalue weighted by Crippen LogP contribution is -2.51. The molecule has 0 amide bonds. The summed E-state index contributed by atoms with van der Waals surface area (Å²) in [5, 5.41) is 7.42. The Hall–Kier alpha value is -1.49. The molecular weight excluding hydrogens is 368 g/mol. The first-order valence-corrected chi connectivity index (χ1v) is 11.0. The minimum atomic E-state index is -0.833. The van der Waals surface area contributed by atoms with Gasteiger partial charge in [0.15, 0.2) is 5.78 Å². The van der Waals surface area contributed by atoms with Crippen LogP contribution in [0, 0.1) is 34.5 Å². The number of ketones is 2. The summed E-state index contributed by atoms with van der Waals surface area (Å²) in [5.74, 6) is 1.78. The number of carboxylic acids is 1. The summed E-state index contributed by atoms with van der Waals surface area (Å²) >= 11 is 0. The lowest BCUT2D eigenvalue weighted by Gasteiger charge is -2.57. The quantitative estimate of drug-likeness (QED) is 0.736. The first kappa shape index (κ1) is 22.2. The standard InChI is InChI=1S/C22H32O3.C2H4O2/c1-13(23)20-19(25-4)12-18-16-6-5-14-11-15(24)7-9-21(14,2)17(16)8-10-22(18,20)3;1-2(3)4/h11,16-20H,5-10,12H2,1-4H3;1H3,(H,3,4)/t16-,17+,18+,19?,20+,21+,22+;/m1./s1. The molecule has 0 spiro atoms. The van der Waals surface area contributed by atoms with Crippen molar-refractivity contribution in [3.05, 3.63) is 11.6 Å². The maximum Gasteiger partial charge on any atom is 0.300 e. The lowest BCUT2D eigenvalue weighted by molar-refractivity contribution is -0.134. The van der Waals surface area contributed by atoms with Crippen molar-refractivity contribution in [2.24, 2.45) is 34.5 Å². The molecule has 0 aliphatic heterocycles. The van der Waals surface area contributed by atoms with Gasteiger partial charge in [0, 0.05) is 26.4 Å². The summed E-state index contributed by atoms with van der Waals surface area (Å²) in [5.41, 5.74) is 1.71. The molecule has 0 radical (unpaired) electrons. The number of carboxylic acid groups (broad SMARTS) is 1. The monoisotopic (exact) mass is 404 g/mol. The highest BCUT2D eigenvalue weighted by Crippen LogP contribution is 2.66. The zero-order chi connectivity index (χ0) is 21.6. The third kappa shape index (κ3) is 3.71. The first-order valence-electron chi connectivity index (χ1n) is 11.0. The fraction of sp³-hybridized carbons (Fsp3) is 0.792. The van der Waals surface area contributed by atoms with Gasteiger partial charge in [0.05, 0.1) is 6.10 Å². The Balaban J connectivity index is 0.000000552. The van der Waals surface area contributed by atoms with Gasteiger partial charge in [0.25, 0.3) is 5.97 Å². The second-order valence-electron chi connectivity index (χ2n) is 10.1. The predicted molar refractivity (Wildman–Crippen MR) is 110 cm³/mol. The van der Waals surface area contributed by atoms with Gasteiger partial charge in [-0.25, -0.2) is 0 Å². The molecule has 0 saturated heterocycles. The largest absolute Gasteiger partial charge is 0.481 e. The molecule has 5 heteroatoms. The molecule has 3 saturated carbocycles.